The summed E-state index contributed by atoms with van der Waals surface area (Å²) in [4.78, 5) is 22.2. The fourth-order valence-corrected chi connectivity index (χ4v) is 2.05. The number of nitrogens with one attached hydrogen (secondary N) is 2. The molecular weight excluding hydrogens is 324 g/mol. The average Bonchev–Trinajstić information content (AvgIpc) is 2.33. The van der Waals surface area contributed by atoms with Crippen LogP contribution in [0, 0.1) is 13.8 Å². The Kier molecular flexibility index (Phi) is 6.01. The van der Waals surface area contributed by atoms with Crippen molar-refractivity contribution in [1.29, 1.82) is 0 Å². The van der Waals surface area contributed by atoms with E-state index in [2.05, 4.69) is 26.6 Å². The minimum absolute atomic E-state index is 0.0396. The lowest BCUT2D eigenvalue weighted by Crippen LogP contribution is -2.36. The summed E-state index contributed by atoms with van der Waals surface area (Å²) in [6.45, 7) is 5.69. The third kappa shape index (κ3) is 5.21. The molecule has 0 fully saturated rings. The van der Waals surface area contributed by atoms with Gasteiger partial charge in [0, 0.05) is 22.6 Å². The number of anilines is 1. The molecule has 2 amide bonds. The van der Waals surface area contributed by atoms with Crippen molar-refractivity contribution >= 4 is 33.6 Å². The minimum Gasteiger partial charge on any atom is -0.481 e. The van der Waals surface area contributed by atoms with Crippen molar-refractivity contribution in [2.75, 3.05) is 5.32 Å². The fraction of sp³-hybridized carbons (Fsp3) is 0.429. The van der Waals surface area contributed by atoms with E-state index in [0.717, 1.165) is 15.6 Å². The Morgan fingerprint density at radius 2 is 1.85 bits per heavy atom. The van der Waals surface area contributed by atoms with Crippen LogP contribution in [-0.2, 0) is 4.79 Å². The number of aliphatic carboxylic acids is 1. The van der Waals surface area contributed by atoms with Crippen LogP contribution in [0.3, 0.4) is 0 Å². The molecular formula is C14H19BrN2O3. The number of rotatable bonds is 5. The second-order valence-electron chi connectivity index (χ2n) is 4.86. The van der Waals surface area contributed by atoms with Crippen LogP contribution in [0.25, 0.3) is 0 Å². The topological polar surface area (TPSA) is 78.4 Å². The van der Waals surface area contributed by atoms with Crippen LogP contribution >= 0.6 is 15.9 Å². The van der Waals surface area contributed by atoms with Crippen LogP contribution in [0.2, 0.25) is 0 Å². The maximum absolute atomic E-state index is 11.8. The molecule has 1 atom stereocenters. The number of carbonyl (C=O) groups excluding carboxylic acids is 1. The van der Waals surface area contributed by atoms with Gasteiger partial charge in [0.25, 0.3) is 0 Å². The third-order valence-corrected chi connectivity index (χ3v) is 4.11. The van der Waals surface area contributed by atoms with Crippen molar-refractivity contribution in [1.82, 2.24) is 5.32 Å². The van der Waals surface area contributed by atoms with Gasteiger partial charge in [0.1, 0.15) is 0 Å². The summed E-state index contributed by atoms with van der Waals surface area (Å²) in [5.74, 6) is -0.863. The number of carbonyl (C=O) groups is 2. The second kappa shape index (κ2) is 7.28. The Hall–Kier alpha value is -1.56. The highest BCUT2D eigenvalue weighted by atomic mass is 79.9. The molecule has 1 rings (SSSR count). The number of aryl methyl sites for hydroxylation is 2. The molecule has 5 nitrogen and oxygen atoms in total. The van der Waals surface area contributed by atoms with Gasteiger partial charge < -0.3 is 15.7 Å². The van der Waals surface area contributed by atoms with Crippen LogP contribution in [0.5, 0.6) is 0 Å². The van der Waals surface area contributed by atoms with Crippen molar-refractivity contribution in [3.63, 3.8) is 0 Å². The zero-order valence-corrected chi connectivity index (χ0v) is 13.4. The molecule has 0 radical (unpaired) electrons. The van der Waals surface area contributed by atoms with E-state index in [4.69, 9.17) is 5.11 Å². The molecule has 6 heteroatoms. The molecule has 1 unspecified atom stereocenters. The van der Waals surface area contributed by atoms with E-state index in [1.165, 1.54) is 0 Å². The van der Waals surface area contributed by atoms with Gasteiger partial charge in [-0.25, -0.2) is 4.79 Å². The molecule has 0 aliphatic heterocycles. The molecule has 0 aromatic heterocycles. The predicted octanol–water partition coefficient (Wildman–Crippen LogP) is 3.44. The highest BCUT2D eigenvalue weighted by Gasteiger charge is 2.10. The maximum Gasteiger partial charge on any atom is 0.319 e. The molecule has 3 N–H and O–H groups in total. The number of hydrogen-bond acceptors (Lipinski definition) is 2. The molecule has 1 aromatic rings. The first-order chi connectivity index (χ1) is 9.29. The molecule has 0 saturated carbocycles. The highest BCUT2D eigenvalue weighted by molar-refractivity contribution is 9.10. The minimum atomic E-state index is -0.863. The Morgan fingerprint density at radius 1 is 1.30 bits per heavy atom. The summed E-state index contributed by atoms with van der Waals surface area (Å²) < 4.78 is 1.03. The first-order valence-electron chi connectivity index (χ1n) is 6.35. The summed E-state index contributed by atoms with van der Waals surface area (Å²) in [5, 5.41) is 14.0. The molecule has 110 valence electrons. The molecule has 0 aliphatic carbocycles. The van der Waals surface area contributed by atoms with Crippen molar-refractivity contribution in [3.8, 4) is 0 Å². The monoisotopic (exact) mass is 342 g/mol. The summed E-state index contributed by atoms with van der Waals surface area (Å²) in [7, 11) is 0. The van der Waals surface area contributed by atoms with E-state index in [0.29, 0.717) is 12.1 Å². The van der Waals surface area contributed by atoms with Crippen LogP contribution in [-0.4, -0.2) is 23.1 Å². The smallest absolute Gasteiger partial charge is 0.319 e. The maximum atomic E-state index is 11.8. The molecule has 0 saturated heterocycles. The zero-order valence-electron chi connectivity index (χ0n) is 11.8. The fourth-order valence-electron chi connectivity index (χ4n) is 1.82. The lowest BCUT2D eigenvalue weighted by molar-refractivity contribution is -0.137. The number of halogens is 1. The van der Waals surface area contributed by atoms with Gasteiger partial charge in [-0.1, -0.05) is 15.9 Å². The van der Waals surface area contributed by atoms with E-state index < -0.39 is 5.97 Å². The van der Waals surface area contributed by atoms with Gasteiger partial charge in [-0.2, -0.15) is 0 Å². The largest absolute Gasteiger partial charge is 0.481 e. The summed E-state index contributed by atoms with van der Waals surface area (Å²) in [5.41, 5.74) is 2.80. The molecule has 20 heavy (non-hydrogen) atoms. The van der Waals surface area contributed by atoms with E-state index in [1.54, 1.807) is 6.92 Å². The van der Waals surface area contributed by atoms with E-state index >= 15 is 0 Å². The van der Waals surface area contributed by atoms with Gasteiger partial charge in [0.15, 0.2) is 0 Å². The third-order valence-electron chi connectivity index (χ3n) is 2.86. The average molecular weight is 343 g/mol. The van der Waals surface area contributed by atoms with Crippen molar-refractivity contribution in [2.45, 2.75) is 39.7 Å². The molecule has 0 bridgehead atoms. The molecule has 0 aliphatic rings. The van der Waals surface area contributed by atoms with Crippen molar-refractivity contribution in [2.24, 2.45) is 0 Å². The Morgan fingerprint density at radius 3 is 2.35 bits per heavy atom. The Labute approximate surface area is 126 Å². The molecule has 0 spiro atoms. The van der Waals surface area contributed by atoms with Crippen LogP contribution in [0.15, 0.2) is 16.6 Å². The van der Waals surface area contributed by atoms with Crippen LogP contribution < -0.4 is 10.6 Å². The SMILES string of the molecule is Cc1cc(NC(=O)NC(C)CCC(=O)O)cc(C)c1Br. The lowest BCUT2D eigenvalue weighted by atomic mass is 10.1. The van der Waals surface area contributed by atoms with Gasteiger partial charge in [-0.3, -0.25) is 4.79 Å². The van der Waals surface area contributed by atoms with Gasteiger partial charge in [-0.15, -0.1) is 0 Å². The lowest BCUT2D eigenvalue weighted by Gasteiger charge is -2.15. The standard InChI is InChI=1S/C14H19BrN2O3/c1-8-6-11(7-9(2)13(8)15)17-14(20)16-10(3)4-5-12(18)19/h6-7,10H,4-5H2,1-3H3,(H,18,19)(H2,16,17,20). The molecule has 0 heterocycles. The van der Waals surface area contributed by atoms with Crippen molar-refractivity contribution < 1.29 is 14.7 Å². The van der Waals surface area contributed by atoms with E-state index in [1.807, 2.05) is 26.0 Å². The summed E-state index contributed by atoms with van der Waals surface area (Å²) >= 11 is 3.47. The number of carboxylic acids is 1. The quantitative estimate of drug-likeness (QED) is 0.766. The van der Waals surface area contributed by atoms with E-state index in [-0.39, 0.29) is 18.5 Å². The summed E-state index contributed by atoms with van der Waals surface area (Å²) in [6.07, 6.45) is 0.444. The highest BCUT2D eigenvalue weighted by Crippen LogP contribution is 2.24. The van der Waals surface area contributed by atoms with Crippen LogP contribution in [0.4, 0.5) is 10.5 Å². The number of carboxylic acid groups (broad SMARTS) is 1. The van der Waals surface area contributed by atoms with E-state index in [9.17, 15) is 9.59 Å². The summed E-state index contributed by atoms with van der Waals surface area (Å²) in [6, 6.07) is 3.23. The normalized spacial score (nSPS) is 11.8. The van der Waals surface area contributed by atoms with Crippen molar-refractivity contribution in [3.05, 3.63) is 27.7 Å². The number of benzene rings is 1. The van der Waals surface area contributed by atoms with Gasteiger partial charge in [-0.05, 0) is 50.5 Å². The number of amides is 2. The second-order valence-corrected chi connectivity index (χ2v) is 5.65. The Balaban J connectivity index is 2.56. The van der Waals surface area contributed by atoms with Gasteiger partial charge in [0.2, 0.25) is 0 Å². The predicted molar refractivity (Wildman–Crippen MR) is 82.1 cm³/mol. The van der Waals surface area contributed by atoms with Gasteiger partial charge in [0.05, 0.1) is 0 Å². The molecule has 1 aromatic carbocycles. The first kappa shape index (κ1) is 16.5. The van der Waals surface area contributed by atoms with Gasteiger partial charge >= 0.3 is 12.0 Å². The number of urea groups is 1. The van der Waals surface area contributed by atoms with Crippen LogP contribution in [0.1, 0.15) is 30.9 Å². The first-order valence-corrected chi connectivity index (χ1v) is 7.15. The number of hydrogen-bond donors (Lipinski definition) is 3. The Bertz CT molecular complexity index is 494. The zero-order chi connectivity index (χ0) is 15.3.